The third-order valence-corrected chi connectivity index (χ3v) is 15.5. The zero-order chi connectivity index (χ0) is 51.3. The number of aliphatic hydroxyl groups excluding tert-OH is 1. The number of rotatable bonds is 58. The number of carbonyl (C=O) groups excluding carboxylic acids is 1. The number of hydrogen-bond donors (Lipinski definition) is 3. The van der Waals surface area contributed by atoms with E-state index in [2.05, 4.69) is 31.3 Å². The Morgan fingerprint density at radius 1 is 0.471 bits per heavy atom. The fourth-order valence-corrected chi connectivity index (χ4v) is 10.4. The fourth-order valence-electron chi connectivity index (χ4n) is 9.63. The number of hydrogen-bond acceptors (Lipinski definition) is 5. The van der Waals surface area contributed by atoms with Crippen LogP contribution in [-0.2, 0) is 18.4 Å². The molecule has 0 bridgehead atoms. The third-order valence-electron chi connectivity index (χ3n) is 14.5. The number of allylic oxidation sites excluding steroid dienone is 2. The summed E-state index contributed by atoms with van der Waals surface area (Å²) >= 11 is 0. The van der Waals surface area contributed by atoms with Gasteiger partial charge in [-0.05, 0) is 38.5 Å². The number of likely N-dealkylation sites (N-methyl/N-ethyl adjacent to an activating group) is 1. The number of carbonyl (C=O) groups is 1. The molecule has 0 radical (unpaired) electrons. The Hall–Kier alpha value is -0.760. The molecule has 8 nitrogen and oxygen atoms in total. The van der Waals surface area contributed by atoms with Gasteiger partial charge in [-0.2, -0.15) is 0 Å². The van der Waals surface area contributed by atoms with Gasteiger partial charge in [0, 0.05) is 6.42 Å². The van der Waals surface area contributed by atoms with E-state index in [1.165, 1.54) is 257 Å². The van der Waals surface area contributed by atoms with Crippen molar-refractivity contribution >= 4 is 13.7 Å². The molecule has 0 spiro atoms. The molecule has 0 aromatic rings. The van der Waals surface area contributed by atoms with Crippen LogP contribution in [-0.4, -0.2) is 73.4 Å². The first-order valence-electron chi connectivity index (χ1n) is 31.1. The molecule has 0 rings (SSSR count). The van der Waals surface area contributed by atoms with Crippen LogP contribution in [0.3, 0.4) is 0 Å². The lowest BCUT2D eigenvalue weighted by Crippen LogP contribution is -2.46. The maximum atomic E-state index is 13.0. The van der Waals surface area contributed by atoms with Crippen molar-refractivity contribution in [2.45, 2.75) is 334 Å². The van der Waals surface area contributed by atoms with Crippen molar-refractivity contribution in [1.82, 2.24) is 5.32 Å². The third kappa shape index (κ3) is 55.0. The summed E-state index contributed by atoms with van der Waals surface area (Å²) in [7, 11) is 1.63. The largest absolute Gasteiger partial charge is 0.472 e. The maximum Gasteiger partial charge on any atom is 0.472 e. The van der Waals surface area contributed by atoms with Crippen molar-refractivity contribution in [3.63, 3.8) is 0 Å². The van der Waals surface area contributed by atoms with Crippen molar-refractivity contribution in [3.05, 3.63) is 12.2 Å². The first-order chi connectivity index (χ1) is 34.0. The van der Waals surface area contributed by atoms with Gasteiger partial charge in [0.2, 0.25) is 5.91 Å². The summed E-state index contributed by atoms with van der Waals surface area (Å²) in [5.41, 5.74) is 0. The summed E-state index contributed by atoms with van der Waals surface area (Å²) in [6, 6.07) is -0.756. The highest BCUT2D eigenvalue weighted by molar-refractivity contribution is 7.47. The standard InChI is InChI=1S/C61H123N2O6P/c1-6-8-10-12-14-16-18-19-20-21-22-23-24-25-26-27-28-29-30-31-32-33-34-35-36-37-38-39-40-41-42-43-45-47-49-51-53-55-61(65)62-59(58-69-70(66,67)68-57-56-63(3,4)5)60(64)54-52-50-48-46-44-17-15-13-11-9-7-2/h29-30,59-60,64H,6-28,31-58H2,1-5H3,(H-,62,65,66,67)/p+1/b30-29-. The molecular formula is C61H124N2O6P+. The Morgan fingerprint density at radius 2 is 0.771 bits per heavy atom. The number of phosphoric ester groups is 1. The zero-order valence-corrected chi connectivity index (χ0v) is 48.7. The minimum atomic E-state index is -4.31. The topological polar surface area (TPSA) is 105 Å². The number of phosphoric acid groups is 1. The molecule has 0 heterocycles. The second-order valence-electron chi connectivity index (χ2n) is 22.8. The number of nitrogens with one attached hydrogen (secondary N) is 1. The van der Waals surface area contributed by atoms with E-state index < -0.39 is 20.0 Å². The van der Waals surface area contributed by atoms with E-state index in [9.17, 15) is 19.4 Å². The predicted molar refractivity (Wildman–Crippen MR) is 305 cm³/mol. The lowest BCUT2D eigenvalue weighted by atomic mass is 10.0. The first-order valence-corrected chi connectivity index (χ1v) is 32.5. The SMILES string of the molecule is CCCCCCCCCCCCCCCCCC/C=C\CCCCCCCCCCCCCCCCCCCC(=O)NC(COP(=O)(O)OCC[N+](C)(C)C)C(O)CCCCCCCCCCCCC. The van der Waals surface area contributed by atoms with Gasteiger partial charge in [0.25, 0.3) is 0 Å². The van der Waals surface area contributed by atoms with Gasteiger partial charge < -0.3 is 19.8 Å². The minimum absolute atomic E-state index is 0.0775. The van der Waals surface area contributed by atoms with Crippen LogP contribution in [0.5, 0.6) is 0 Å². The highest BCUT2D eigenvalue weighted by atomic mass is 31.2. The van der Waals surface area contributed by atoms with Crippen molar-refractivity contribution in [3.8, 4) is 0 Å². The van der Waals surface area contributed by atoms with E-state index in [1.54, 1.807) is 0 Å². The molecule has 0 aliphatic rings. The monoisotopic (exact) mass is 1010 g/mol. The number of amides is 1. The predicted octanol–water partition coefficient (Wildman–Crippen LogP) is 19.0. The second kappa shape index (κ2) is 53.1. The van der Waals surface area contributed by atoms with Gasteiger partial charge in [-0.3, -0.25) is 13.8 Å². The summed E-state index contributed by atoms with van der Waals surface area (Å²) in [5, 5.41) is 14.0. The summed E-state index contributed by atoms with van der Waals surface area (Å²) in [6.07, 6.45) is 66.0. The number of aliphatic hydroxyl groups is 1. The van der Waals surface area contributed by atoms with Crippen LogP contribution in [0.1, 0.15) is 322 Å². The van der Waals surface area contributed by atoms with Crippen LogP contribution >= 0.6 is 7.82 Å². The number of unbranched alkanes of at least 4 members (excludes halogenated alkanes) is 43. The Bertz CT molecular complexity index is 1150. The molecule has 418 valence electrons. The summed E-state index contributed by atoms with van der Waals surface area (Å²) in [5.74, 6) is -0.140. The van der Waals surface area contributed by atoms with E-state index in [4.69, 9.17) is 9.05 Å². The van der Waals surface area contributed by atoms with Crippen LogP contribution in [0.25, 0.3) is 0 Å². The minimum Gasteiger partial charge on any atom is -0.391 e. The van der Waals surface area contributed by atoms with Crippen molar-refractivity contribution in [2.75, 3.05) is 40.9 Å². The van der Waals surface area contributed by atoms with Gasteiger partial charge in [-0.25, -0.2) is 4.57 Å². The molecule has 3 unspecified atom stereocenters. The Labute approximate surface area is 437 Å². The molecule has 1 amide bonds. The van der Waals surface area contributed by atoms with Gasteiger partial charge in [-0.15, -0.1) is 0 Å². The molecule has 0 aromatic carbocycles. The Balaban J connectivity index is 3.83. The first kappa shape index (κ1) is 69.2. The Kier molecular flexibility index (Phi) is 52.5. The maximum absolute atomic E-state index is 13.0. The average molecular weight is 1010 g/mol. The van der Waals surface area contributed by atoms with E-state index in [-0.39, 0.29) is 19.1 Å². The van der Waals surface area contributed by atoms with Crippen LogP contribution in [0, 0.1) is 0 Å². The van der Waals surface area contributed by atoms with Gasteiger partial charge in [0.05, 0.1) is 39.9 Å². The highest BCUT2D eigenvalue weighted by Crippen LogP contribution is 2.43. The quantitative estimate of drug-likeness (QED) is 0.0243. The van der Waals surface area contributed by atoms with Gasteiger partial charge in [0.1, 0.15) is 13.2 Å². The van der Waals surface area contributed by atoms with Crippen molar-refractivity contribution in [1.29, 1.82) is 0 Å². The van der Waals surface area contributed by atoms with Gasteiger partial charge in [-0.1, -0.05) is 289 Å². The van der Waals surface area contributed by atoms with Crippen LogP contribution in [0.2, 0.25) is 0 Å². The normalized spacial score (nSPS) is 13.9. The molecule has 70 heavy (non-hydrogen) atoms. The second-order valence-corrected chi connectivity index (χ2v) is 24.2. The number of nitrogens with zero attached hydrogens (tertiary/aromatic N) is 1. The van der Waals surface area contributed by atoms with Crippen molar-refractivity contribution < 1.29 is 32.9 Å². The van der Waals surface area contributed by atoms with E-state index in [1.807, 2.05) is 21.1 Å². The molecule has 0 saturated heterocycles. The molecule has 0 aromatic heterocycles. The molecule has 0 aliphatic carbocycles. The molecule has 0 saturated carbocycles. The molecule has 3 N–H and O–H groups in total. The van der Waals surface area contributed by atoms with Crippen LogP contribution < -0.4 is 5.32 Å². The summed E-state index contributed by atoms with van der Waals surface area (Å²) in [6.45, 7) is 4.92. The van der Waals surface area contributed by atoms with E-state index in [0.29, 0.717) is 23.9 Å². The fraction of sp³-hybridized carbons (Fsp3) is 0.951. The summed E-state index contributed by atoms with van der Waals surface area (Å²) < 4.78 is 23.7. The molecule has 0 aliphatic heterocycles. The smallest absolute Gasteiger partial charge is 0.391 e. The van der Waals surface area contributed by atoms with Crippen molar-refractivity contribution in [2.24, 2.45) is 0 Å². The molecule has 9 heteroatoms. The Morgan fingerprint density at radius 3 is 1.10 bits per heavy atom. The summed E-state index contributed by atoms with van der Waals surface area (Å²) in [4.78, 5) is 23.3. The zero-order valence-electron chi connectivity index (χ0n) is 47.8. The van der Waals surface area contributed by atoms with Gasteiger partial charge in [0.15, 0.2) is 0 Å². The van der Waals surface area contributed by atoms with Crippen LogP contribution in [0.4, 0.5) is 0 Å². The van der Waals surface area contributed by atoms with E-state index in [0.717, 1.165) is 38.5 Å². The van der Waals surface area contributed by atoms with E-state index >= 15 is 0 Å². The molecular weight excluding hydrogens is 888 g/mol. The highest BCUT2D eigenvalue weighted by Gasteiger charge is 2.28. The lowest BCUT2D eigenvalue weighted by Gasteiger charge is -2.26. The van der Waals surface area contributed by atoms with Crippen LogP contribution in [0.15, 0.2) is 12.2 Å². The lowest BCUT2D eigenvalue weighted by molar-refractivity contribution is -0.870. The average Bonchev–Trinajstić information content (AvgIpc) is 3.32. The number of quaternary nitrogens is 1. The molecule has 0 fully saturated rings. The molecule has 3 atom stereocenters. The van der Waals surface area contributed by atoms with Gasteiger partial charge >= 0.3 is 7.82 Å².